The van der Waals surface area contributed by atoms with Gasteiger partial charge in [-0.3, -0.25) is 0 Å². The molecule has 1 nitrogen and oxygen atoms in total. The van der Waals surface area contributed by atoms with Gasteiger partial charge in [0.2, 0.25) is 0 Å². The van der Waals surface area contributed by atoms with Crippen molar-refractivity contribution in [2.24, 2.45) is 0 Å². The van der Waals surface area contributed by atoms with Crippen LogP contribution in [0, 0.1) is 0 Å². The Bertz CT molecular complexity index is 2880. The standard InChI is InChI=1S/C58H43N/c1-2-44(45-17-6-3-7-18-45)24-14-16-43-28-36-52(37-29-43)59(53-38-34-49(35-39-53)48-32-30-47(31-33-48)46-19-8-4-9-20-46)54-40-41-57(58(42-54)51-21-10-5-11-22-51)56-27-15-25-50-23-12-13-26-55(50)56/h2-42H,1H2/b16-14+,44-24+. The lowest BCUT2D eigenvalue weighted by Gasteiger charge is -2.27. The number of rotatable bonds is 11. The van der Waals surface area contributed by atoms with E-state index in [1.807, 2.05) is 12.1 Å². The van der Waals surface area contributed by atoms with Crippen LogP contribution in [0.1, 0.15) is 11.1 Å². The Morgan fingerprint density at radius 3 is 1.54 bits per heavy atom. The van der Waals surface area contributed by atoms with E-state index < -0.39 is 0 Å². The first-order chi connectivity index (χ1) is 29.2. The molecule has 0 aliphatic carbocycles. The molecule has 0 unspecified atom stereocenters. The number of nitrogens with zero attached hydrogens (tertiary/aromatic N) is 1. The Balaban J connectivity index is 1.11. The highest BCUT2D eigenvalue weighted by molar-refractivity contribution is 6.01. The molecule has 0 aliphatic heterocycles. The Hall–Kier alpha value is -7.74. The van der Waals surface area contributed by atoms with Crippen LogP contribution in [0.25, 0.3) is 66.9 Å². The summed E-state index contributed by atoms with van der Waals surface area (Å²) in [6.45, 7) is 4.04. The van der Waals surface area contributed by atoms with Gasteiger partial charge in [0.25, 0.3) is 0 Å². The molecular weight excluding hydrogens is 711 g/mol. The number of anilines is 3. The molecule has 0 fully saturated rings. The maximum absolute atomic E-state index is 4.04. The second-order valence-electron chi connectivity index (χ2n) is 14.6. The molecule has 0 heterocycles. The average Bonchev–Trinajstić information content (AvgIpc) is 3.32. The maximum Gasteiger partial charge on any atom is 0.0468 e. The Morgan fingerprint density at radius 1 is 0.390 bits per heavy atom. The molecule has 0 N–H and O–H groups in total. The molecule has 59 heavy (non-hydrogen) atoms. The third kappa shape index (κ3) is 8.09. The van der Waals surface area contributed by atoms with Crippen LogP contribution in [0.5, 0.6) is 0 Å². The normalized spacial score (nSPS) is 11.5. The first-order valence-electron chi connectivity index (χ1n) is 20.1. The number of hydrogen-bond acceptors (Lipinski definition) is 1. The highest BCUT2D eigenvalue weighted by Crippen LogP contribution is 2.42. The number of hydrogen-bond donors (Lipinski definition) is 0. The summed E-state index contributed by atoms with van der Waals surface area (Å²) >= 11 is 0. The molecule has 0 saturated heterocycles. The van der Waals surface area contributed by atoms with Gasteiger partial charge in [-0.15, -0.1) is 0 Å². The topological polar surface area (TPSA) is 3.24 Å². The van der Waals surface area contributed by atoms with Crippen molar-refractivity contribution in [3.05, 3.63) is 260 Å². The van der Waals surface area contributed by atoms with Crippen LogP contribution < -0.4 is 4.90 Å². The van der Waals surface area contributed by atoms with Crippen LogP contribution in [0.3, 0.4) is 0 Å². The summed E-state index contributed by atoms with van der Waals surface area (Å²) in [5.41, 5.74) is 16.2. The van der Waals surface area contributed by atoms with Crippen LogP contribution in [0.15, 0.2) is 249 Å². The van der Waals surface area contributed by atoms with E-state index in [-0.39, 0.29) is 0 Å². The molecule has 0 spiro atoms. The maximum atomic E-state index is 4.04. The fourth-order valence-corrected chi connectivity index (χ4v) is 7.87. The molecule has 0 bridgehead atoms. The van der Waals surface area contributed by atoms with Crippen molar-refractivity contribution >= 4 is 39.5 Å². The highest BCUT2D eigenvalue weighted by atomic mass is 15.1. The van der Waals surface area contributed by atoms with Gasteiger partial charge in [0.1, 0.15) is 0 Å². The predicted octanol–water partition coefficient (Wildman–Crippen LogP) is 16.3. The summed E-state index contributed by atoms with van der Waals surface area (Å²) in [6.07, 6.45) is 8.26. The monoisotopic (exact) mass is 753 g/mol. The molecule has 0 aromatic heterocycles. The second-order valence-corrected chi connectivity index (χ2v) is 14.6. The van der Waals surface area contributed by atoms with E-state index in [0.717, 1.165) is 33.8 Å². The van der Waals surface area contributed by atoms with Crippen molar-refractivity contribution in [3.8, 4) is 44.5 Å². The van der Waals surface area contributed by atoms with E-state index in [9.17, 15) is 0 Å². The zero-order valence-electron chi connectivity index (χ0n) is 32.8. The molecule has 0 amide bonds. The third-order valence-corrected chi connectivity index (χ3v) is 10.9. The quantitative estimate of drug-likeness (QED) is 0.119. The first-order valence-corrected chi connectivity index (χ1v) is 20.1. The molecule has 9 aromatic carbocycles. The van der Waals surface area contributed by atoms with Crippen LogP contribution in [-0.2, 0) is 0 Å². The molecule has 0 radical (unpaired) electrons. The third-order valence-electron chi connectivity index (χ3n) is 10.9. The summed E-state index contributed by atoms with van der Waals surface area (Å²) in [4.78, 5) is 2.36. The van der Waals surface area contributed by atoms with Crippen molar-refractivity contribution in [2.45, 2.75) is 0 Å². The van der Waals surface area contributed by atoms with Gasteiger partial charge in [-0.1, -0.05) is 219 Å². The lowest BCUT2D eigenvalue weighted by atomic mass is 9.90. The van der Waals surface area contributed by atoms with Gasteiger partial charge < -0.3 is 4.90 Å². The summed E-state index contributed by atoms with van der Waals surface area (Å²) < 4.78 is 0. The van der Waals surface area contributed by atoms with E-state index in [4.69, 9.17) is 0 Å². The second kappa shape index (κ2) is 17.2. The Morgan fingerprint density at radius 2 is 0.898 bits per heavy atom. The van der Waals surface area contributed by atoms with Crippen LogP contribution in [-0.4, -0.2) is 0 Å². The van der Waals surface area contributed by atoms with E-state index in [2.05, 4.69) is 248 Å². The van der Waals surface area contributed by atoms with Gasteiger partial charge in [-0.25, -0.2) is 0 Å². The predicted molar refractivity (Wildman–Crippen MR) is 254 cm³/mol. The minimum absolute atomic E-state index is 1.07. The van der Waals surface area contributed by atoms with Crippen LogP contribution >= 0.6 is 0 Å². The lowest BCUT2D eigenvalue weighted by Crippen LogP contribution is -2.10. The molecule has 9 rings (SSSR count). The molecule has 1 heteroatoms. The number of fused-ring (bicyclic) bond motifs is 1. The molecule has 0 atom stereocenters. The van der Waals surface area contributed by atoms with Gasteiger partial charge in [0.15, 0.2) is 0 Å². The Labute approximate surface area is 347 Å². The van der Waals surface area contributed by atoms with Crippen molar-refractivity contribution < 1.29 is 0 Å². The van der Waals surface area contributed by atoms with Crippen molar-refractivity contribution in [2.75, 3.05) is 4.90 Å². The minimum atomic E-state index is 1.07. The lowest BCUT2D eigenvalue weighted by molar-refractivity contribution is 1.28. The average molecular weight is 754 g/mol. The van der Waals surface area contributed by atoms with E-state index in [0.29, 0.717) is 0 Å². The zero-order chi connectivity index (χ0) is 39.8. The number of benzene rings is 9. The van der Waals surface area contributed by atoms with E-state index in [1.54, 1.807) is 0 Å². The smallest absolute Gasteiger partial charge is 0.0468 e. The van der Waals surface area contributed by atoms with Crippen LogP contribution in [0.4, 0.5) is 17.1 Å². The molecule has 9 aromatic rings. The van der Waals surface area contributed by atoms with Crippen molar-refractivity contribution in [1.29, 1.82) is 0 Å². The summed E-state index contributed by atoms with van der Waals surface area (Å²) in [5.74, 6) is 0. The molecule has 280 valence electrons. The van der Waals surface area contributed by atoms with Gasteiger partial charge in [0, 0.05) is 17.1 Å². The minimum Gasteiger partial charge on any atom is -0.310 e. The van der Waals surface area contributed by atoms with Crippen LogP contribution in [0.2, 0.25) is 0 Å². The van der Waals surface area contributed by atoms with Gasteiger partial charge in [-0.2, -0.15) is 0 Å². The van der Waals surface area contributed by atoms with Crippen molar-refractivity contribution in [1.82, 2.24) is 0 Å². The molecular formula is C58H43N. The van der Waals surface area contributed by atoms with Gasteiger partial charge >= 0.3 is 0 Å². The van der Waals surface area contributed by atoms with Gasteiger partial charge in [0.05, 0.1) is 0 Å². The van der Waals surface area contributed by atoms with Gasteiger partial charge in [-0.05, 0) is 108 Å². The molecule has 0 aliphatic rings. The SMILES string of the molecule is C=C/C(=C\C=C\c1ccc(N(c2ccc(-c3ccc(-c4ccccc4)cc3)cc2)c2ccc(-c3cccc4ccccc34)c(-c3ccccc3)c2)cc1)c1ccccc1. The Kier molecular flexibility index (Phi) is 10.7. The van der Waals surface area contributed by atoms with E-state index in [1.165, 1.54) is 55.3 Å². The fourth-order valence-electron chi connectivity index (χ4n) is 7.87. The molecule has 0 saturated carbocycles. The zero-order valence-corrected chi connectivity index (χ0v) is 32.8. The van der Waals surface area contributed by atoms with E-state index >= 15 is 0 Å². The van der Waals surface area contributed by atoms with Crippen molar-refractivity contribution in [3.63, 3.8) is 0 Å². The fraction of sp³-hybridized carbons (Fsp3) is 0. The first kappa shape index (κ1) is 36.9. The summed E-state index contributed by atoms with van der Waals surface area (Å²) in [6, 6.07) is 80.4. The summed E-state index contributed by atoms with van der Waals surface area (Å²) in [5, 5.41) is 2.47. The highest BCUT2D eigenvalue weighted by Gasteiger charge is 2.18. The number of allylic oxidation sites excluding steroid dienone is 4. The summed E-state index contributed by atoms with van der Waals surface area (Å²) in [7, 11) is 0. The largest absolute Gasteiger partial charge is 0.310 e.